The maximum Gasteiger partial charge on any atom is 0.342 e. The lowest BCUT2D eigenvalue weighted by atomic mass is 9.51. The van der Waals surface area contributed by atoms with Crippen LogP contribution in [-0.4, -0.2) is 75.1 Å². The van der Waals surface area contributed by atoms with E-state index in [0.29, 0.717) is 0 Å². The quantitative estimate of drug-likeness (QED) is 0.314. The lowest BCUT2D eigenvalue weighted by molar-refractivity contribution is -0.239. The highest BCUT2D eigenvalue weighted by molar-refractivity contribution is 5.93. The first-order chi connectivity index (χ1) is 13.8. The van der Waals surface area contributed by atoms with Crippen molar-refractivity contribution in [2.75, 3.05) is 0 Å². The third kappa shape index (κ3) is 1.35. The number of esters is 3. The van der Waals surface area contributed by atoms with Gasteiger partial charge in [0.05, 0.1) is 22.9 Å². The van der Waals surface area contributed by atoms with Crippen molar-refractivity contribution in [2.24, 2.45) is 28.1 Å². The van der Waals surface area contributed by atoms with Gasteiger partial charge >= 0.3 is 17.9 Å². The summed E-state index contributed by atoms with van der Waals surface area (Å²) in [6.45, 7) is 6.97. The van der Waals surface area contributed by atoms with E-state index in [1.165, 1.54) is 6.92 Å². The van der Waals surface area contributed by atoms with Crippen LogP contribution in [0.1, 0.15) is 34.1 Å². The predicted octanol–water partition coefficient (Wildman–Crippen LogP) is -1.37. The second-order valence-electron chi connectivity index (χ2n) is 10.7. The number of carbonyl (C=O) groups is 3. The van der Waals surface area contributed by atoms with Crippen molar-refractivity contribution in [1.82, 2.24) is 0 Å². The Balaban J connectivity index is 1.71. The average Bonchev–Trinajstić information content (AvgIpc) is 3.32. The summed E-state index contributed by atoms with van der Waals surface area (Å²) in [6, 6.07) is 0. The summed E-state index contributed by atoms with van der Waals surface area (Å²) in [4.78, 5) is 38.2. The van der Waals surface area contributed by atoms with Crippen LogP contribution < -0.4 is 0 Å². The average molecular weight is 424 g/mol. The molecule has 4 heterocycles. The molecule has 10 heteroatoms. The monoisotopic (exact) mass is 424 g/mol. The van der Waals surface area contributed by atoms with Gasteiger partial charge in [0, 0.05) is 12.3 Å². The van der Waals surface area contributed by atoms with Crippen LogP contribution in [0.15, 0.2) is 0 Å². The van der Waals surface area contributed by atoms with Crippen molar-refractivity contribution < 1.29 is 48.7 Å². The number of fused-ring (bicyclic) bond motifs is 1. The van der Waals surface area contributed by atoms with E-state index in [4.69, 9.17) is 18.9 Å². The van der Waals surface area contributed by atoms with Crippen LogP contribution in [-0.2, 0) is 33.3 Å². The molecule has 0 radical (unpaired) electrons. The smallest absolute Gasteiger partial charge is 0.342 e. The molecule has 30 heavy (non-hydrogen) atoms. The maximum atomic E-state index is 13.4. The van der Waals surface area contributed by atoms with E-state index in [1.807, 2.05) is 20.8 Å². The second kappa shape index (κ2) is 4.69. The standard InChI is InChI=1S/C20H24O10/c1-6-12(23)27-7-5-17-11-8(21)9(16(2,3)4)18(17)10(22)13(24)29-15(18)30-20(17,14(25)28-11)19(6,7)26/h6-11,15,21-22,26H,5H2,1-4H3/t6-,7+,8+,9+,10-,11-,15-,17-,18?,19+,20-/m1/s1. The highest BCUT2D eigenvalue weighted by atomic mass is 16.8. The fourth-order valence-electron chi connectivity index (χ4n) is 8.22. The summed E-state index contributed by atoms with van der Waals surface area (Å²) in [5.41, 5.74) is -7.95. The lowest BCUT2D eigenvalue weighted by Gasteiger charge is -2.46. The summed E-state index contributed by atoms with van der Waals surface area (Å²) < 4.78 is 22.6. The number of rotatable bonds is 0. The van der Waals surface area contributed by atoms with E-state index in [-0.39, 0.29) is 6.42 Å². The Labute approximate surface area is 171 Å². The van der Waals surface area contributed by atoms with Crippen LogP contribution in [0.5, 0.6) is 0 Å². The van der Waals surface area contributed by atoms with E-state index in [1.54, 1.807) is 0 Å². The molecule has 0 bridgehead atoms. The number of carbonyl (C=O) groups excluding carboxylic acids is 3. The fraction of sp³-hybridized carbons (Fsp3) is 0.850. The number of aliphatic hydroxyl groups is 3. The normalized spacial score (nSPS) is 60.1. The van der Waals surface area contributed by atoms with Gasteiger partial charge in [-0.2, -0.15) is 0 Å². The van der Waals surface area contributed by atoms with Gasteiger partial charge in [0.2, 0.25) is 11.9 Å². The molecule has 0 aromatic carbocycles. The van der Waals surface area contributed by atoms with Crippen LogP contribution in [0, 0.1) is 28.1 Å². The molecule has 1 unspecified atom stereocenters. The topological polar surface area (TPSA) is 149 Å². The number of aliphatic hydroxyl groups excluding tert-OH is 2. The molecule has 0 aromatic heterocycles. The van der Waals surface area contributed by atoms with Gasteiger partial charge in [-0.3, -0.25) is 4.79 Å². The second-order valence-corrected chi connectivity index (χ2v) is 10.7. The van der Waals surface area contributed by atoms with Crippen molar-refractivity contribution in [3.8, 4) is 0 Å². The van der Waals surface area contributed by atoms with E-state index in [2.05, 4.69) is 0 Å². The summed E-state index contributed by atoms with van der Waals surface area (Å²) in [6.07, 6.45) is -6.73. The van der Waals surface area contributed by atoms with Gasteiger partial charge in [-0.05, 0) is 12.3 Å². The molecule has 3 N–H and O–H groups in total. The van der Waals surface area contributed by atoms with E-state index < -0.39 is 87.9 Å². The Morgan fingerprint density at radius 3 is 2.33 bits per heavy atom. The minimum absolute atomic E-state index is 0.107. The molecular weight excluding hydrogens is 400 g/mol. The molecule has 164 valence electrons. The van der Waals surface area contributed by atoms with Gasteiger partial charge in [-0.1, -0.05) is 20.8 Å². The molecule has 0 amide bonds. The molecule has 2 saturated carbocycles. The van der Waals surface area contributed by atoms with Gasteiger partial charge in [-0.15, -0.1) is 0 Å². The third-order valence-corrected chi connectivity index (χ3v) is 8.91. The molecule has 6 rings (SSSR count). The Morgan fingerprint density at radius 2 is 1.70 bits per heavy atom. The van der Waals surface area contributed by atoms with E-state index >= 15 is 0 Å². The molecule has 6 fully saturated rings. The third-order valence-electron chi connectivity index (χ3n) is 8.91. The zero-order valence-corrected chi connectivity index (χ0v) is 16.9. The predicted molar refractivity (Wildman–Crippen MR) is 92.0 cm³/mol. The summed E-state index contributed by atoms with van der Waals surface area (Å²) in [5.74, 6) is -4.43. The minimum atomic E-state index is -2.12. The lowest BCUT2D eigenvalue weighted by Crippen LogP contribution is -2.66. The minimum Gasteiger partial charge on any atom is -0.459 e. The molecule has 2 spiro atoms. The molecule has 6 aliphatic rings. The van der Waals surface area contributed by atoms with Crippen LogP contribution >= 0.6 is 0 Å². The maximum absolute atomic E-state index is 13.4. The zero-order valence-electron chi connectivity index (χ0n) is 16.9. The van der Waals surface area contributed by atoms with E-state index in [9.17, 15) is 29.7 Å². The molecular formula is C20H24O10. The van der Waals surface area contributed by atoms with Crippen molar-refractivity contribution in [3.05, 3.63) is 0 Å². The summed E-state index contributed by atoms with van der Waals surface area (Å²) in [7, 11) is 0. The molecule has 10 nitrogen and oxygen atoms in total. The number of hydrogen-bond donors (Lipinski definition) is 3. The Bertz CT molecular complexity index is 925. The molecule has 2 aliphatic carbocycles. The van der Waals surface area contributed by atoms with Gasteiger partial charge in [0.1, 0.15) is 12.2 Å². The van der Waals surface area contributed by atoms with Crippen molar-refractivity contribution >= 4 is 17.9 Å². The molecule has 11 atom stereocenters. The largest absolute Gasteiger partial charge is 0.459 e. The molecule has 4 saturated heterocycles. The first-order valence-electron chi connectivity index (χ1n) is 10.2. The number of ether oxygens (including phenoxy) is 4. The van der Waals surface area contributed by atoms with Gasteiger partial charge in [0.15, 0.2) is 11.7 Å². The first-order valence-corrected chi connectivity index (χ1v) is 10.2. The SMILES string of the molecule is C[C@@H]1C(=O)O[C@H]2C[C@]34[C@@H]5OC(=O)[C@]3(O[C@H]3OC(=O)[C@@H](O)C34[C@H](C(C)(C)C)[C@@H]5O)[C@@]21O. The Morgan fingerprint density at radius 1 is 1.03 bits per heavy atom. The van der Waals surface area contributed by atoms with Crippen LogP contribution in [0.4, 0.5) is 0 Å². The van der Waals surface area contributed by atoms with Crippen LogP contribution in [0.3, 0.4) is 0 Å². The zero-order chi connectivity index (χ0) is 21.8. The van der Waals surface area contributed by atoms with E-state index in [0.717, 1.165) is 0 Å². The Kier molecular flexibility index (Phi) is 2.97. The van der Waals surface area contributed by atoms with Gasteiger partial charge in [-0.25, -0.2) is 9.59 Å². The Hall–Kier alpha value is -1.75. The number of hydrogen-bond acceptors (Lipinski definition) is 10. The van der Waals surface area contributed by atoms with Gasteiger partial charge in [0.25, 0.3) is 0 Å². The van der Waals surface area contributed by atoms with Crippen molar-refractivity contribution in [1.29, 1.82) is 0 Å². The summed E-state index contributed by atoms with van der Waals surface area (Å²) in [5, 5.41) is 34.4. The molecule has 0 aromatic rings. The highest BCUT2D eigenvalue weighted by Gasteiger charge is 3.02. The first kappa shape index (κ1) is 19.0. The fourth-order valence-corrected chi connectivity index (χ4v) is 8.22. The summed E-state index contributed by atoms with van der Waals surface area (Å²) >= 11 is 0. The highest BCUT2D eigenvalue weighted by Crippen LogP contribution is 2.84. The van der Waals surface area contributed by atoms with Gasteiger partial charge < -0.3 is 34.3 Å². The molecule has 4 aliphatic heterocycles. The van der Waals surface area contributed by atoms with Crippen molar-refractivity contribution in [2.45, 2.75) is 76.0 Å². The van der Waals surface area contributed by atoms with Crippen molar-refractivity contribution in [3.63, 3.8) is 0 Å². The van der Waals surface area contributed by atoms with Crippen LogP contribution in [0.2, 0.25) is 0 Å². The van der Waals surface area contributed by atoms with Crippen LogP contribution in [0.25, 0.3) is 0 Å².